The van der Waals surface area contributed by atoms with E-state index in [1.807, 2.05) is 16.8 Å². The Morgan fingerprint density at radius 1 is 1.29 bits per heavy atom. The van der Waals surface area contributed by atoms with Crippen LogP contribution in [0.25, 0.3) is 0 Å². The minimum atomic E-state index is -0.838. The van der Waals surface area contributed by atoms with Gasteiger partial charge in [0.1, 0.15) is 0 Å². The third-order valence-corrected chi connectivity index (χ3v) is 3.61. The fraction of sp³-hybridized carbons (Fsp3) is 0.533. The van der Waals surface area contributed by atoms with Gasteiger partial charge >= 0.3 is 0 Å². The van der Waals surface area contributed by atoms with Crippen LogP contribution in [0.3, 0.4) is 0 Å². The quantitative estimate of drug-likeness (QED) is 0.887. The summed E-state index contributed by atoms with van der Waals surface area (Å²) in [5, 5.41) is 3.21. The summed E-state index contributed by atoms with van der Waals surface area (Å²) in [4.78, 5) is 15.8. The van der Waals surface area contributed by atoms with E-state index in [4.69, 9.17) is 0 Å². The first kappa shape index (κ1) is 15.9. The number of carbonyl (C=O) groups excluding carboxylic acids is 1. The number of nitrogens with one attached hydrogen (secondary N) is 1. The van der Waals surface area contributed by atoms with Crippen molar-refractivity contribution >= 4 is 5.91 Å². The van der Waals surface area contributed by atoms with Crippen molar-refractivity contribution in [2.45, 2.75) is 13.0 Å². The van der Waals surface area contributed by atoms with Gasteiger partial charge in [-0.05, 0) is 24.7 Å². The van der Waals surface area contributed by atoms with Crippen LogP contribution in [-0.2, 0) is 11.3 Å². The Hall–Kier alpha value is -1.53. The molecule has 1 fully saturated rings. The number of benzene rings is 1. The summed E-state index contributed by atoms with van der Waals surface area (Å²) >= 11 is 0. The summed E-state index contributed by atoms with van der Waals surface area (Å²) < 4.78 is 26.0. The molecule has 1 aromatic carbocycles. The molecule has 0 aliphatic carbocycles. The molecule has 1 N–H and O–H groups in total. The van der Waals surface area contributed by atoms with Crippen molar-refractivity contribution in [1.82, 2.24) is 15.1 Å². The summed E-state index contributed by atoms with van der Waals surface area (Å²) in [7, 11) is 1.87. The van der Waals surface area contributed by atoms with E-state index in [2.05, 4.69) is 5.32 Å². The second kappa shape index (κ2) is 7.47. The van der Waals surface area contributed by atoms with E-state index in [0.717, 1.165) is 32.2 Å². The van der Waals surface area contributed by atoms with Crippen LogP contribution in [0.2, 0.25) is 0 Å². The molecule has 4 nitrogen and oxygen atoms in total. The first-order chi connectivity index (χ1) is 10.1. The lowest BCUT2D eigenvalue weighted by atomic mass is 10.2. The van der Waals surface area contributed by atoms with Crippen molar-refractivity contribution in [2.75, 3.05) is 39.8 Å². The van der Waals surface area contributed by atoms with Crippen LogP contribution in [0.1, 0.15) is 12.0 Å². The van der Waals surface area contributed by atoms with Gasteiger partial charge in [-0.3, -0.25) is 4.79 Å². The SMILES string of the molecule is CN(CCC(=O)N1CCNCC1)Cc1ccc(F)c(F)c1. The fourth-order valence-corrected chi connectivity index (χ4v) is 2.39. The molecule has 21 heavy (non-hydrogen) atoms. The van der Waals surface area contributed by atoms with Gasteiger partial charge in [0.25, 0.3) is 0 Å². The summed E-state index contributed by atoms with van der Waals surface area (Å²) in [6.07, 6.45) is 0.445. The summed E-state index contributed by atoms with van der Waals surface area (Å²) in [6.45, 7) is 4.29. The van der Waals surface area contributed by atoms with Gasteiger partial charge in [0.15, 0.2) is 11.6 Å². The van der Waals surface area contributed by atoms with E-state index in [1.165, 1.54) is 6.07 Å². The highest BCUT2D eigenvalue weighted by molar-refractivity contribution is 5.76. The van der Waals surface area contributed by atoms with E-state index in [9.17, 15) is 13.6 Å². The molecule has 0 aromatic heterocycles. The highest BCUT2D eigenvalue weighted by Gasteiger charge is 2.16. The molecule has 1 aliphatic heterocycles. The first-order valence-electron chi connectivity index (χ1n) is 7.17. The van der Waals surface area contributed by atoms with E-state index in [0.29, 0.717) is 25.1 Å². The van der Waals surface area contributed by atoms with Crippen molar-refractivity contribution in [3.8, 4) is 0 Å². The highest BCUT2D eigenvalue weighted by atomic mass is 19.2. The van der Waals surface area contributed by atoms with E-state index in [1.54, 1.807) is 6.07 Å². The summed E-state index contributed by atoms with van der Waals surface area (Å²) in [5.41, 5.74) is 0.700. The van der Waals surface area contributed by atoms with E-state index < -0.39 is 11.6 Å². The molecule has 1 heterocycles. The molecule has 0 atom stereocenters. The molecule has 0 unspecified atom stereocenters. The van der Waals surface area contributed by atoms with Crippen LogP contribution < -0.4 is 5.32 Å². The van der Waals surface area contributed by atoms with Crippen molar-refractivity contribution in [2.24, 2.45) is 0 Å². The maximum atomic E-state index is 13.1. The molecule has 116 valence electrons. The Morgan fingerprint density at radius 3 is 2.67 bits per heavy atom. The zero-order valence-corrected chi connectivity index (χ0v) is 12.2. The van der Waals surface area contributed by atoms with Gasteiger partial charge in [-0.25, -0.2) is 8.78 Å². The van der Waals surface area contributed by atoms with Gasteiger partial charge in [-0.1, -0.05) is 6.07 Å². The third kappa shape index (κ3) is 4.75. The summed E-state index contributed by atoms with van der Waals surface area (Å²) in [5.74, 6) is -1.53. The van der Waals surface area contributed by atoms with Gasteiger partial charge in [0.2, 0.25) is 5.91 Å². The number of carbonyl (C=O) groups is 1. The van der Waals surface area contributed by atoms with Crippen LogP contribution in [0.5, 0.6) is 0 Å². The molecule has 1 aliphatic rings. The third-order valence-electron chi connectivity index (χ3n) is 3.61. The van der Waals surface area contributed by atoms with Crippen molar-refractivity contribution in [3.63, 3.8) is 0 Å². The summed E-state index contributed by atoms with van der Waals surface area (Å²) in [6, 6.07) is 3.89. The van der Waals surface area contributed by atoms with Gasteiger partial charge in [-0.15, -0.1) is 0 Å². The van der Waals surface area contributed by atoms with Crippen molar-refractivity contribution in [3.05, 3.63) is 35.4 Å². The Morgan fingerprint density at radius 2 is 2.00 bits per heavy atom. The molecule has 0 bridgehead atoms. The number of amides is 1. The Labute approximate surface area is 123 Å². The largest absolute Gasteiger partial charge is 0.340 e. The second-order valence-electron chi connectivity index (χ2n) is 5.37. The average molecular weight is 297 g/mol. The number of halogens is 2. The second-order valence-corrected chi connectivity index (χ2v) is 5.37. The van der Waals surface area contributed by atoms with Gasteiger partial charge in [0.05, 0.1) is 0 Å². The minimum Gasteiger partial charge on any atom is -0.340 e. The average Bonchev–Trinajstić information content (AvgIpc) is 2.49. The number of nitrogens with zero attached hydrogens (tertiary/aromatic N) is 2. The number of piperazine rings is 1. The van der Waals surface area contributed by atoms with Crippen LogP contribution in [-0.4, -0.2) is 55.5 Å². The van der Waals surface area contributed by atoms with Crippen molar-refractivity contribution in [1.29, 1.82) is 0 Å². The highest BCUT2D eigenvalue weighted by Crippen LogP contribution is 2.10. The smallest absolute Gasteiger partial charge is 0.223 e. The Kier molecular flexibility index (Phi) is 5.64. The Balaban J connectivity index is 1.77. The lowest BCUT2D eigenvalue weighted by Gasteiger charge is -2.28. The normalized spacial score (nSPS) is 15.5. The molecule has 0 spiro atoms. The number of hydrogen-bond donors (Lipinski definition) is 1. The standard InChI is InChI=1S/C15H21F2N3O/c1-19(11-12-2-3-13(16)14(17)10-12)7-4-15(21)20-8-5-18-6-9-20/h2-3,10,18H,4-9,11H2,1H3. The molecule has 2 rings (SSSR count). The lowest BCUT2D eigenvalue weighted by molar-refractivity contribution is -0.132. The maximum absolute atomic E-state index is 13.1. The van der Waals surface area contributed by atoms with Crippen LogP contribution in [0, 0.1) is 11.6 Å². The molecule has 6 heteroatoms. The predicted octanol–water partition coefficient (Wildman–Crippen LogP) is 1.22. The van der Waals surface area contributed by atoms with Crippen LogP contribution in [0.15, 0.2) is 18.2 Å². The van der Waals surface area contributed by atoms with Gasteiger partial charge in [0, 0.05) is 45.7 Å². The number of rotatable bonds is 5. The van der Waals surface area contributed by atoms with Crippen LogP contribution in [0.4, 0.5) is 8.78 Å². The van der Waals surface area contributed by atoms with Gasteiger partial charge < -0.3 is 15.1 Å². The van der Waals surface area contributed by atoms with E-state index >= 15 is 0 Å². The maximum Gasteiger partial charge on any atom is 0.223 e. The molecule has 0 radical (unpaired) electrons. The zero-order valence-electron chi connectivity index (χ0n) is 12.2. The fourth-order valence-electron chi connectivity index (χ4n) is 2.39. The predicted molar refractivity (Wildman–Crippen MR) is 76.8 cm³/mol. The molecule has 1 aromatic rings. The zero-order chi connectivity index (χ0) is 15.2. The molecule has 1 saturated heterocycles. The molecule has 1 amide bonds. The van der Waals surface area contributed by atoms with Crippen molar-refractivity contribution < 1.29 is 13.6 Å². The topological polar surface area (TPSA) is 35.6 Å². The molecular weight excluding hydrogens is 276 g/mol. The van der Waals surface area contributed by atoms with Crippen LogP contribution >= 0.6 is 0 Å². The minimum absolute atomic E-state index is 0.147. The molecule has 0 saturated carbocycles. The Bertz CT molecular complexity index is 490. The van der Waals surface area contributed by atoms with E-state index in [-0.39, 0.29) is 5.91 Å². The monoisotopic (exact) mass is 297 g/mol. The first-order valence-corrected chi connectivity index (χ1v) is 7.17. The lowest BCUT2D eigenvalue weighted by Crippen LogP contribution is -2.47. The van der Waals surface area contributed by atoms with Gasteiger partial charge in [-0.2, -0.15) is 0 Å². The molecular formula is C15H21F2N3O. The number of hydrogen-bond acceptors (Lipinski definition) is 3.